The smallest absolute Gasteiger partial charge is 0.242 e. The summed E-state index contributed by atoms with van der Waals surface area (Å²) in [5, 5.41) is 9.08. The summed E-state index contributed by atoms with van der Waals surface area (Å²) in [6, 6.07) is -0.808. The molecule has 100 valence electrons. The van der Waals surface area contributed by atoms with Gasteiger partial charge in [-0.15, -0.1) is 0 Å². The Kier molecular flexibility index (Phi) is 5.31. The number of rotatable bonds is 6. The second kappa shape index (κ2) is 6.75. The number of aryl methyl sites for hydroxylation is 1. The van der Waals surface area contributed by atoms with Crippen LogP contribution in [0.2, 0.25) is 0 Å². The van der Waals surface area contributed by atoms with Crippen molar-refractivity contribution in [2.45, 2.75) is 19.4 Å². The molecule has 1 atom stereocenters. The van der Waals surface area contributed by atoms with Crippen LogP contribution in [0.3, 0.4) is 0 Å². The van der Waals surface area contributed by atoms with E-state index < -0.39 is 11.9 Å². The Hall–Kier alpha value is -1.89. The van der Waals surface area contributed by atoms with Gasteiger partial charge in [0.25, 0.3) is 0 Å². The van der Waals surface area contributed by atoms with E-state index in [0.29, 0.717) is 12.1 Å². The van der Waals surface area contributed by atoms with Crippen molar-refractivity contribution in [2.24, 2.45) is 12.8 Å². The monoisotopic (exact) mass is 253 g/mol. The van der Waals surface area contributed by atoms with Crippen molar-refractivity contribution in [3.63, 3.8) is 0 Å². The summed E-state index contributed by atoms with van der Waals surface area (Å²) in [4.78, 5) is 23.0. The summed E-state index contributed by atoms with van der Waals surface area (Å²) < 4.78 is 1.57. The summed E-state index contributed by atoms with van der Waals surface area (Å²) in [6.45, 7) is 2.49. The van der Waals surface area contributed by atoms with Crippen molar-refractivity contribution in [3.8, 4) is 0 Å². The molecular formula is C11H19N5O2. The number of amides is 2. The van der Waals surface area contributed by atoms with E-state index in [2.05, 4.69) is 15.7 Å². The molecule has 4 N–H and O–H groups in total. The predicted molar refractivity (Wildman–Crippen MR) is 66.4 cm³/mol. The Balaban J connectivity index is 2.39. The van der Waals surface area contributed by atoms with Gasteiger partial charge in [0.1, 0.15) is 6.04 Å². The fraction of sp³-hybridized carbons (Fsp3) is 0.545. The summed E-state index contributed by atoms with van der Waals surface area (Å²) >= 11 is 0. The molecule has 0 radical (unpaired) electrons. The van der Waals surface area contributed by atoms with Gasteiger partial charge in [-0.2, -0.15) is 5.10 Å². The van der Waals surface area contributed by atoms with Crippen LogP contribution in [0.4, 0.5) is 0 Å². The summed E-state index contributed by atoms with van der Waals surface area (Å²) in [5.41, 5.74) is 6.36. The highest BCUT2D eigenvalue weighted by Gasteiger charge is 2.17. The van der Waals surface area contributed by atoms with Gasteiger partial charge < -0.3 is 16.4 Å². The minimum atomic E-state index is -0.808. The molecule has 1 unspecified atom stereocenters. The van der Waals surface area contributed by atoms with E-state index in [9.17, 15) is 9.59 Å². The number of nitrogens with two attached hydrogens (primary N) is 1. The topological polar surface area (TPSA) is 102 Å². The largest absolute Gasteiger partial charge is 0.355 e. The molecule has 0 saturated carbocycles. The molecule has 1 aromatic heterocycles. The number of hydrogen-bond acceptors (Lipinski definition) is 4. The van der Waals surface area contributed by atoms with Crippen LogP contribution in [0.15, 0.2) is 12.4 Å². The average Bonchev–Trinajstić information content (AvgIpc) is 2.79. The van der Waals surface area contributed by atoms with E-state index in [0.717, 1.165) is 6.42 Å². The van der Waals surface area contributed by atoms with Gasteiger partial charge in [0.15, 0.2) is 0 Å². The van der Waals surface area contributed by atoms with Crippen LogP contribution >= 0.6 is 0 Å². The van der Waals surface area contributed by atoms with Crippen molar-refractivity contribution in [1.82, 2.24) is 20.4 Å². The van der Waals surface area contributed by atoms with Gasteiger partial charge >= 0.3 is 0 Å². The van der Waals surface area contributed by atoms with Crippen LogP contribution in [0.25, 0.3) is 0 Å². The summed E-state index contributed by atoms with van der Waals surface area (Å²) in [5.74, 6) is -0.613. The number of carbonyl (C=O) groups is 2. The molecular weight excluding hydrogens is 234 g/mol. The van der Waals surface area contributed by atoms with E-state index >= 15 is 0 Å². The highest BCUT2D eigenvalue weighted by molar-refractivity contribution is 5.87. The van der Waals surface area contributed by atoms with E-state index in [4.69, 9.17) is 5.73 Å². The number of aromatic nitrogens is 2. The van der Waals surface area contributed by atoms with Gasteiger partial charge in [-0.3, -0.25) is 14.3 Å². The normalized spacial score (nSPS) is 11.9. The van der Waals surface area contributed by atoms with E-state index in [1.54, 1.807) is 17.9 Å². The maximum atomic E-state index is 11.7. The van der Waals surface area contributed by atoms with E-state index in [1.165, 1.54) is 6.20 Å². The Morgan fingerprint density at radius 2 is 2.22 bits per heavy atom. The first kappa shape index (κ1) is 14.2. The van der Waals surface area contributed by atoms with Crippen LogP contribution < -0.4 is 16.4 Å². The molecule has 2 amide bonds. The van der Waals surface area contributed by atoms with Crippen molar-refractivity contribution < 1.29 is 9.59 Å². The zero-order valence-electron chi connectivity index (χ0n) is 10.6. The molecule has 1 aromatic rings. The first-order chi connectivity index (χ1) is 8.54. The number of nitrogens with one attached hydrogen (secondary N) is 2. The first-order valence-corrected chi connectivity index (χ1v) is 5.83. The molecule has 0 bridgehead atoms. The van der Waals surface area contributed by atoms with Gasteiger partial charge in [0.05, 0.1) is 12.7 Å². The zero-order chi connectivity index (χ0) is 13.5. The standard InChI is InChI=1S/C11H19N5O2/c1-3-4-13-9(17)6-14-11(18)10(12)8-5-15-16(2)7-8/h5,7,10H,3-4,6,12H2,1-2H3,(H,13,17)(H,14,18). The number of nitrogens with zero attached hydrogens (tertiary/aromatic N) is 2. The minimum Gasteiger partial charge on any atom is -0.355 e. The van der Waals surface area contributed by atoms with Crippen LogP contribution in [-0.4, -0.2) is 34.7 Å². The van der Waals surface area contributed by atoms with Gasteiger partial charge in [-0.25, -0.2) is 0 Å². The third-order valence-corrected chi connectivity index (χ3v) is 2.36. The highest BCUT2D eigenvalue weighted by atomic mass is 16.2. The SMILES string of the molecule is CCCNC(=O)CNC(=O)C(N)c1cnn(C)c1. The molecule has 0 spiro atoms. The molecule has 0 saturated heterocycles. The van der Waals surface area contributed by atoms with Crippen molar-refractivity contribution in [2.75, 3.05) is 13.1 Å². The quantitative estimate of drug-likeness (QED) is 0.609. The molecule has 0 aliphatic rings. The van der Waals surface area contributed by atoms with Crippen LogP contribution in [0.5, 0.6) is 0 Å². The van der Waals surface area contributed by atoms with Gasteiger partial charge in [0.2, 0.25) is 11.8 Å². The highest BCUT2D eigenvalue weighted by Crippen LogP contribution is 2.07. The fourth-order valence-electron chi connectivity index (χ4n) is 1.36. The second-order valence-electron chi connectivity index (χ2n) is 3.99. The second-order valence-corrected chi connectivity index (χ2v) is 3.99. The van der Waals surface area contributed by atoms with Gasteiger partial charge in [-0.1, -0.05) is 6.92 Å². The van der Waals surface area contributed by atoms with Crippen LogP contribution in [-0.2, 0) is 16.6 Å². The van der Waals surface area contributed by atoms with Crippen molar-refractivity contribution in [3.05, 3.63) is 18.0 Å². The number of carbonyl (C=O) groups excluding carboxylic acids is 2. The number of hydrogen-bond donors (Lipinski definition) is 3. The van der Waals surface area contributed by atoms with Crippen molar-refractivity contribution in [1.29, 1.82) is 0 Å². The average molecular weight is 253 g/mol. The summed E-state index contributed by atoms with van der Waals surface area (Å²) in [7, 11) is 1.74. The lowest BCUT2D eigenvalue weighted by atomic mass is 10.1. The molecule has 0 aromatic carbocycles. The van der Waals surface area contributed by atoms with E-state index in [1.807, 2.05) is 6.92 Å². The Labute approximate surface area is 106 Å². The Bertz CT molecular complexity index is 415. The van der Waals surface area contributed by atoms with E-state index in [-0.39, 0.29) is 12.5 Å². The molecule has 7 heteroatoms. The lowest BCUT2D eigenvalue weighted by Crippen LogP contribution is -2.41. The maximum absolute atomic E-state index is 11.7. The third kappa shape index (κ3) is 4.17. The molecule has 1 rings (SSSR count). The van der Waals surface area contributed by atoms with Gasteiger partial charge in [0, 0.05) is 25.4 Å². The molecule has 0 aliphatic carbocycles. The fourth-order valence-corrected chi connectivity index (χ4v) is 1.36. The minimum absolute atomic E-state index is 0.0627. The van der Waals surface area contributed by atoms with Crippen LogP contribution in [0, 0.1) is 0 Å². The predicted octanol–water partition coefficient (Wildman–Crippen LogP) is -0.938. The first-order valence-electron chi connectivity index (χ1n) is 5.83. The molecule has 7 nitrogen and oxygen atoms in total. The lowest BCUT2D eigenvalue weighted by molar-refractivity contribution is -0.126. The third-order valence-electron chi connectivity index (χ3n) is 2.36. The van der Waals surface area contributed by atoms with Crippen LogP contribution in [0.1, 0.15) is 24.9 Å². The molecule has 0 fully saturated rings. The van der Waals surface area contributed by atoms with Gasteiger partial charge in [-0.05, 0) is 6.42 Å². The molecule has 18 heavy (non-hydrogen) atoms. The Morgan fingerprint density at radius 3 is 2.78 bits per heavy atom. The molecule has 1 heterocycles. The molecule has 0 aliphatic heterocycles. The maximum Gasteiger partial charge on any atom is 0.242 e. The summed E-state index contributed by atoms with van der Waals surface area (Å²) in [6.07, 6.45) is 4.05. The van der Waals surface area contributed by atoms with Crippen molar-refractivity contribution >= 4 is 11.8 Å². The zero-order valence-corrected chi connectivity index (χ0v) is 10.6. The Morgan fingerprint density at radius 1 is 1.50 bits per heavy atom. The lowest BCUT2D eigenvalue weighted by Gasteiger charge is -2.10.